The maximum Gasteiger partial charge on any atom is 0.410 e. The van der Waals surface area contributed by atoms with Crippen LogP contribution < -0.4 is 5.32 Å². The smallest absolute Gasteiger partial charge is 0.410 e. The van der Waals surface area contributed by atoms with E-state index < -0.39 is 16.8 Å². The van der Waals surface area contributed by atoms with Crippen molar-refractivity contribution in [2.45, 2.75) is 77.2 Å². The molecule has 0 aromatic rings. The Morgan fingerprint density at radius 1 is 1.27 bits per heavy atom. The van der Waals surface area contributed by atoms with Crippen molar-refractivity contribution in [3.8, 4) is 0 Å². The first-order valence-electron chi connectivity index (χ1n) is 7.98. The predicted octanol–water partition coefficient (Wildman–Crippen LogP) is 1.50. The van der Waals surface area contributed by atoms with Gasteiger partial charge in [-0.25, -0.2) is 4.79 Å². The largest absolute Gasteiger partial charge is 0.444 e. The van der Waals surface area contributed by atoms with Gasteiger partial charge < -0.3 is 25.2 Å². The van der Waals surface area contributed by atoms with Crippen molar-refractivity contribution >= 4 is 6.09 Å². The first kappa shape index (κ1) is 19.2. The highest BCUT2D eigenvalue weighted by Gasteiger charge is 2.39. The number of piperidine rings is 1. The van der Waals surface area contributed by atoms with Gasteiger partial charge >= 0.3 is 6.09 Å². The van der Waals surface area contributed by atoms with Crippen molar-refractivity contribution in [2.24, 2.45) is 0 Å². The molecule has 1 heterocycles. The number of carbonyl (C=O) groups is 1. The second-order valence-corrected chi connectivity index (χ2v) is 7.99. The van der Waals surface area contributed by atoms with Crippen LogP contribution in [0.3, 0.4) is 0 Å². The fraction of sp³-hybridized carbons (Fsp3) is 0.938. The van der Waals surface area contributed by atoms with Gasteiger partial charge in [0, 0.05) is 25.7 Å². The number of aliphatic hydroxyl groups is 2. The third-order valence-electron chi connectivity index (χ3n) is 3.93. The molecule has 6 heteroatoms. The first-order chi connectivity index (χ1) is 9.82. The number of hydrogen-bond acceptors (Lipinski definition) is 5. The average Bonchev–Trinajstić information content (AvgIpc) is 2.33. The highest BCUT2D eigenvalue weighted by molar-refractivity contribution is 5.68. The van der Waals surface area contributed by atoms with Gasteiger partial charge in [0.2, 0.25) is 0 Å². The van der Waals surface area contributed by atoms with E-state index in [-0.39, 0.29) is 12.1 Å². The molecule has 1 aliphatic rings. The molecule has 1 unspecified atom stereocenters. The summed E-state index contributed by atoms with van der Waals surface area (Å²) < 4.78 is 5.35. The topological polar surface area (TPSA) is 82.0 Å². The van der Waals surface area contributed by atoms with E-state index in [9.17, 15) is 15.0 Å². The fourth-order valence-corrected chi connectivity index (χ4v) is 2.43. The fourth-order valence-electron chi connectivity index (χ4n) is 2.43. The van der Waals surface area contributed by atoms with Crippen LogP contribution in [0.2, 0.25) is 0 Å². The molecule has 0 aromatic heterocycles. The lowest BCUT2D eigenvalue weighted by molar-refractivity contribution is -0.0542. The van der Waals surface area contributed by atoms with Gasteiger partial charge in [-0.05, 0) is 54.4 Å². The Balaban J connectivity index is 2.50. The van der Waals surface area contributed by atoms with Crippen LogP contribution in [-0.2, 0) is 4.74 Å². The number of rotatable bonds is 4. The summed E-state index contributed by atoms with van der Waals surface area (Å²) in [6.07, 6.45) is 0.657. The third kappa shape index (κ3) is 6.10. The molecule has 0 saturated carbocycles. The molecule has 1 aliphatic heterocycles. The Bertz CT molecular complexity index is 377. The zero-order valence-electron chi connectivity index (χ0n) is 14.8. The number of likely N-dealkylation sites (tertiary alicyclic amines) is 1. The van der Waals surface area contributed by atoms with E-state index in [1.54, 1.807) is 18.7 Å². The Morgan fingerprint density at radius 3 is 2.18 bits per heavy atom. The number of amides is 1. The van der Waals surface area contributed by atoms with Crippen molar-refractivity contribution in [3.05, 3.63) is 0 Å². The monoisotopic (exact) mass is 316 g/mol. The van der Waals surface area contributed by atoms with Gasteiger partial charge in [0.15, 0.2) is 0 Å². The Kier molecular flexibility index (Phi) is 5.87. The normalized spacial score (nSPS) is 20.6. The molecular weight excluding hydrogens is 284 g/mol. The molecule has 1 fully saturated rings. The maximum atomic E-state index is 12.0. The highest BCUT2D eigenvalue weighted by atomic mass is 16.6. The average molecular weight is 316 g/mol. The van der Waals surface area contributed by atoms with Crippen molar-refractivity contribution in [3.63, 3.8) is 0 Å². The summed E-state index contributed by atoms with van der Waals surface area (Å²) in [6, 6.07) is -0.153. The molecular formula is C16H32N2O4. The molecule has 1 atom stereocenters. The lowest BCUT2D eigenvalue weighted by Crippen LogP contribution is -2.57. The molecule has 22 heavy (non-hydrogen) atoms. The van der Waals surface area contributed by atoms with Crippen LogP contribution in [0.5, 0.6) is 0 Å². The van der Waals surface area contributed by atoms with Gasteiger partial charge in [0.25, 0.3) is 0 Å². The van der Waals surface area contributed by atoms with Crippen molar-refractivity contribution < 1.29 is 19.7 Å². The minimum absolute atomic E-state index is 0.153. The lowest BCUT2D eigenvalue weighted by Gasteiger charge is -2.42. The van der Waals surface area contributed by atoms with Crippen LogP contribution in [0.15, 0.2) is 0 Å². The van der Waals surface area contributed by atoms with Crippen LogP contribution in [-0.4, -0.2) is 63.7 Å². The lowest BCUT2D eigenvalue weighted by atomic mass is 9.85. The Hall–Kier alpha value is -0.850. The SMILES string of the molecule is CC(NCC(C)(C)O)C1(O)CCN(C(=O)OC(C)(C)C)CC1. The number of nitrogens with zero attached hydrogens (tertiary/aromatic N) is 1. The van der Waals surface area contributed by atoms with E-state index in [0.717, 1.165) is 0 Å². The molecule has 1 rings (SSSR count). The Morgan fingerprint density at radius 2 is 1.77 bits per heavy atom. The quantitative estimate of drug-likeness (QED) is 0.732. The van der Waals surface area contributed by atoms with Gasteiger partial charge in [-0.15, -0.1) is 0 Å². The first-order valence-corrected chi connectivity index (χ1v) is 7.98. The second-order valence-electron chi connectivity index (χ2n) is 7.99. The molecule has 6 nitrogen and oxygen atoms in total. The molecule has 0 radical (unpaired) electrons. The minimum atomic E-state index is -0.871. The summed E-state index contributed by atoms with van der Waals surface area (Å²) in [4.78, 5) is 13.7. The molecule has 1 amide bonds. The molecule has 1 saturated heterocycles. The number of hydrogen-bond donors (Lipinski definition) is 3. The summed E-state index contributed by atoms with van der Waals surface area (Å²) in [5, 5.41) is 23.7. The van der Waals surface area contributed by atoms with Crippen LogP contribution in [0.25, 0.3) is 0 Å². The van der Waals surface area contributed by atoms with Gasteiger partial charge in [-0.3, -0.25) is 0 Å². The zero-order valence-corrected chi connectivity index (χ0v) is 14.8. The van der Waals surface area contributed by atoms with Crippen LogP contribution in [0.4, 0.5) is 4.79 Å². The number of ether oxygens (including phenoxy) is 1. The number of carbonyl (C=O) groups excluding carboxylic acids is 1. The van der Waals surface area contributed by atoms with E-state index in [4.69, 9.17) is 4.74 Å². The van der Waals surface area contributed by atoms with Crippen molar-refractivity contribution in [1.82, 2.24) is 10.2 Å². The summed E-state index contributed by atoms with van der Waals surface area (Å²) in [7, 11) is 0. The van der Waals surface area contributed by atoms with E-state index in [0.29, 0.717) is 32.5 Å². The van der Waals surface area contributed by atoms with E-state index in [1.807, 2.05) is 27.7 Å². The highest BCUT2D eigenvalue weighted by Crippen LogP contribution is 2.27. The summed E-state index contributed by atoms with van der Waals surface area (Å²) in [6.45, 7) is 12.2. The summed E-state index contributed by atoms with van der Waals surface area (Å²) >= 11 is 0. The molecule has 0 aliphatic carbocycles. The van der Waals surface area contributed by atoms with Gasteiger partial charge in [-0.2, -0.15) is 0 Å². The van der Waals surface area contributed by atoms with Crippen molar-refractivity contribution in [2.75, 3.05) is 19.6 Å². The van der Waals surface area contributed by atoms with Crippen LogP contribution >= 0.6 is 0 Å². The van der Waals surface area contributed by atoms with E-state index >= 15 is 0 Å². The standard InChI is InChI=1S/C16H32N2O4/c1-12(17-11-15(5,6)20)16(21)7-9-18(10-8-16)13(19)22-14(2,3)4/h12,17,20-21H,7-11H2,1-6H3. The molecule has 3 N–H and O–H groups in total. The van der Waals surface area contributed by atoms with E-state index in [2.05, 4.69) is 5.32 Å². The summed E-state index contributed by atoms with van der Waals surface area (Å²) in [5.74, 6) is 0. The van der Waals surface area contributed by atoms with Crippen LogP contribution in [0.1, 0.15) is 54.4 Å². The van der Waals surface area contributed by atoms with Gasteiger partial charge in [0.1, 0.15) is 5.60 Å². The molecule has 0 spiro atoms. The maximum absolute atomic E-state index is 12.0. The van der Waals surface area contributed by atoms with E-state index in [1.165, 1.54) is 0 Å². The van der Waals surface area contributed by atoms with Gasteiger partial charge in [-0.1, -0.05) is 0 Å². The third-order valence-corrected chi connectivity index (χ3v) is 3.93. The van der Waals surface area contributed by atoms with Gasteiger partial charge in [0.05, 0.1) is 11.2 Å². The molecule has 130 valence electrons. The minimum Gasteiger partial charge on any atom is -0.444 e. The zero-order chi connectivity index (χ0) is 17.2. The predicted molar refractivity (Wildman–Crippen MR) is 85.8 cm³/mol. The Labute approximate surface area is 133 Å². The van der Waals surface area contributed by atoms with Crippen LogP contribution in [0, 0.1) is 0 Å². The second kappa shape index (κ2) is 6.72. The van der Waals surface area contributed by atoms with Crippen molar-refractivity contribution in [1.29, 1.82) is 0 Å². The summed E-state index contributed by atoms with van der Waals surface area (Å²) in [5.41, 5.74) is -2.20. The molecule has 0 aromatic carbocycles. The number of nitrogens with one attached hydrogen (secondary N) is 1. The molecule has 0 bridgehead atoms.